The molecule has 1 aromatic carbocycles. The molecule has 0 spiro atoms. The lowest BCUT2D eigenvalue weighted by Crippen LogP contribution is -2.32. The lowest BCUT2D eigenvalue weighted by molar-refractivity contribution is -0.123. The number of amides is 1. The molecule has 4 rings (SSSR count). The highest BCUT2D eigenvalue weighted by Gasteiger charge is 2.40. The second kappa shape index (κ2) is 5.88. The highest BCUT2D eigenvalue weighted by molar-refractivity contribution is 7.99. The molecular weight excluding hydrogens is 297 g/mol. The van der Waals surface area contributed by atoms with Gasteiger partial charge in [0.05, 0.1) is 6.04 Å². The normalized spacial score (nSPS) is 32.8. The molecule has 1 heterocycles. The highest BCUT2D eigenvalue weighted by atomic mass is 32.2. The third-order valence-corrected chi connectivity index (χ3v) is 6.80. The number of hydrogen-bond acceptors (Lipinski definition) is 2. The molecule has 1 aromatic rings. The van der Waals surface area contributed by atoms with Crippen LogP contribution in [0, 0.1) is 23.6 Å². The molecule has 0 saturated heterocycles. The highest BCUT2D eigenvalue weighted by Crippen LogP contribution is 2.49. The van der Waals surface area contributed by atoms with Gasteiger partial charge in [0.25, 0.3) is 0 Å². The van der Waals surface area contributed by atoms with Crippen LogP contribution in [-0.4, -0.2) is 11.7 Å². The fourth-order valence-electron chi connectivity index (χ4n) is 4.63. The third kappa shape index (κ3) is 2.78. The molecule has 0 unspecified atom stereocenters. The fraction of sp³-hybridized carbons (Fsp3) is 0.611. The van der Waals surface area contributed by atoms with Crippen molar-refractivity contribution in [2.75, 3.05) is 5.75 Å². The summed E-state index contributed by atoms with van der Waals surface area (Å²) in [6.45, 7) is 0. The molecule has 118 valence electrons. The Balaban J connectivity index is 1.41. The first-order valence-electron chi connectivity index (χ1n) is 8.40. The van der Waals surface area contributed by atoms with Crippen LogP contribution in [0.3, 0.4) is 0 Å². The van der Waals surface area contributed by atoms with Gasteiger partial charge in [0.1, 0.15) is 5.82 Å². The molecule has 0 radical (unpaired) electrons. The average Bonchev–Trinajstić information content (AvgIpc) is 3.10. The van der Waals surface area contributed by atoms with Crippen molar-refractivity contribution >= 4 is 17.7 Å². The topological polar surface area (TPSA) is 29.1 Å². The minimum Gasteiger partial charge on any atom is -0.349 e. The largest absolute Gasteiger partial charge is 0.349 e. The number of nitrogens with one attached hydrogen (secondary N) is 1. The van der Waals surface area contributed by atoms with Gasteiger partial charge in [0.15, 0.2) is 0 Å². The summed E-state index contributed by atoms with van der Waals surface area (Å²) in [7, 11) is 0. The Bertz CT molecular complexity index is 590. The molecule has 1 amide bonds. The summed E-state index contributed by atoms with van der Waals surface area (Å²) in [4.78, 5) is 13.5. The van der Waals surface area contributed by atoms with E-state index in [2.05, 4.69) is 5.32 Å². The monoisotopic (exact) mass is 319 g/mol. The van der Waals surface area contributed by atoms with Crippen LogP contribution < -0.4 is 5.32 Å². The molecule has 4 heteroatoms. The van der Waals surface area contributed by atoms with E-state index >= 15 is 0 Å². The van der Waals surface area contributed by atoms with Gasteiger partial charge in [0, 0.05) is 17.1 Å². The predicted molar refractivity (Wildman–Crippen MR) is 86.2 cm³/mol. The molecule has 22 heavy (non-hydrogen) atoms. The molecule has 3 aliphatic rings. The summed E-state index contributed by atoms with van der Waals surface area (Å²) in [6, 6.07) is 4.91. The van der Waals surface area contributed by atoms with Gasteiger partial charge in [-0.3, -0.25) is 4.79 Å². The van der Waals surface area contributed by atoms with Crippen LogP contribution in [-0.2, 0) is 4.79 Å². The number of fused-ring (bicyclic) bond motifs is 3. The van der Waals surface area contributed by atoms with Crippen molar-refractivity contribution in [2.24, 2.45) is 17.8 Å². The van der Waals surface area contributed by atoms with E-state index in [0.29, 0.717) is 12.3 Å². The zero-order valence-electron chi connectivity index (χ0n) is 12.7. The smallest absolute Gasteiger partial charge is 0.220 e. The molecule has 4 atom stereocenters. The van der Waals surface area contributed by atoms with E-state index in [-0.39, 0.29) is 17.8 Å². The average molecular weight is 319 g/mol. The van der Waals surface area contributed by atoms with E-state index in [1.807, 2.05) is 6.07 Å². The van der Waals surface area contributed by atoms with Gasteiger partial charge in [-0.2, -0.15) is 0 Å². The Hall–Kier alpha value is -1.03. The van der Waals surface area contributed by atoms with Crippen LogP contribution in [0.1, 0.15) is 50.1 Å². The number of carbonyl (C=O) groups is 1. The Kier molecular flexibility index (Phi) is 3.89. The first-order chi connectivity index (χ1) is 10.7. The van der Waals surface area contributed by atoms with Gasteiger partial charge in [-0.15, -0.1) is 11.8 Å². The van der Waals surface area contributed by atoms with Crippen molar-refractivity contribution in [1.82, 2.24) is 5.32 Å². The van der Waals surface area contributed by atoms with Gasteiger partial charge in [0.2, 0.25) is 5.91 Å². The van der Waals surface area contributed by atoms with Gasteiger partial charge in [-0.05, 0) is 67.2 Å². The van der Waals surface area contributed by atoms with Crippen molar-refractivity contribution < 1.29 is 9.18 Å². The Morgan fingerprint density at radius 3 is 2.95 bits per heavy atom. The molecule has 2 saturated carbocycles. The van der Waals surface area contributed by atoms with Crippen LogP contribution in [0.15, 0.2) is 23.1 Å². The van der Waals surface area contributed by atoms with Gasteiger partial charge < -0.3 is 5.32 Å². The Labute approximate surface area is 135 Å². The number of benzene rings is 1. The molecule has 2 aliphatic carbocycles. The maximum Gasteiger partial charge on any atom is 0.220 e. The van der Waals surface area contributed by atoms with E-state index in [4.69, 9.17) is 0 Å². The second-order valence-electron chi connectivity index (χ2n) is 7.08. The molecule has 0 aromatic heterocycles. The van der Waals surface area contributed by atoms with Crippen LogP contribution in [0.4, 0.5) is 4.39 Å². The van der Waals surface area contributed by atoms with Crippen molar-refractivity contribution in [3.63, 3.8) is 0 Å². The summed E-state index contributed by atoms with van der Waals surface area (Å²) < 4.78 is 13.5. The third-order valence-electron chi connectivity index (χ3n) is 5.68. The minimum absolute atomic E-state index is 0.0157. The summed E-state index contributed by atoms with van der Waals surface area (Å²) >= 11 is 1.75. The first kappa shape index (κ1) is 14.6. The molecule has 2 nitrogen and oxygen atoms in total. The van der Waals surface area contributed by atoms with Gasteiger partial charge in [-0.25, -0.2) is 4.39 Å². The zero-order chi connectivity index (χ0) is 15.1. The van der Waals surface area contributed by atoms with Crippen molar-refractivity contribution in [3.05, 3.63) is 29.6 Å². The van der Waals surface area contributed by atoms with Crippen LogP contribution in [0.2, 0.25) is 0 Å². The molecular formula is C18H22FNOS. The minimum atomic E-state index is -0.214. The summed E-state index contributed by atoms with van der Waals surface area (Å²) in [5, 5.41) is 3.17. The number of carbonyl (C=O) groups excluding carboxylic acids is 1. The summed E-state index contributed by atoms with van der Waals surface area (Å²) in [6.07, 6.45) is 6.82. The standard InChI is InChI=1S/C18H22FNOS/c19-14-3-4-17-15(10-14)16(5-6-22-17)20-18(21)9-13-8-11-1-2-12(13)7-11/h3-4,10-13,16H,1-2,5-9H2,(H,20,21)/t11-,12-,13-,16-/m0/s1. The van der Waals surface area contributed by atoms with E-state index in [1.54, 1.807) is 17.8 Å². The number of rotatable bonds is 3. The fourth-order valence-corrected chi connectivity index (χ4v) is 5.74. The molecule has 2 fully saturated rings. The molecule has 1 aliphatic heterocycles. The number of thioether (sulfide) groups is 1. The second-order valence-corrected chi connectivity index (χ2v) is 8.22. The molecule has 1 N–H and O–H groups in total. The van der Waals surface area contributed by atoms with Gasteiger partial charge in [-0.1, -0.05) is 6.42 Å². The SMILES string of the molecule is O=C(C[C@@H]1C[C@H]2CC[C@H]1C2)N[C@H]1CCSc2ccc(F)cc21. The Morgan fingerprint density at radius 1 is 1.27 bits per heavy atom. The maximum atomic E-state index is 13.5. The number of hydrogen-bond donors (Lipinski definition) is 1. The van der Waals surface area contributed by atoms with E-state index in [9.17, 15) is 9.18 Å². The van der Waals surface area contributed by atoms with Crippen LogP contribution >= 0.6 is 11.8 Å². The number of halogens is 1. The lowest BCUT2D eigenvalue weighted by atomic mass is 9.86. The summed E-state index contributed by atoms with van der Waals surface area (Å²) in [5.41, 5.74) is 0.956. The van der Waals surface area contributed by atoms with Crippen LogP contribution in [0.25, 0.3) is 0 Å². The van der Waals surface area contributed by atoms with E-state index < -0.39 is 0 Å². The van der Waals surface area contributed by atoms with Crippen molar-refractivity contribution in [3.8, 4) is 0 Å². The quantitative estimate of drug-likeness (QED) is 0.899. The predicted octanol–water partition coefficient (Wildman–Crippen LogP) is 4.31. The van der Waals surface area contributed by atoms with Crippen LogP contribution in [0.5, 0.6) is 0 Å². The van der Waals surface area contributed by atoms with E-state index in [0.717, 1.165) is 34.5 Å². The first-order valence-corrected chi connectivity index (χ1v) is 9.39. The van der Waals surface area contributed by atoms with E-state index in [1.165, 1.54) is 31.7 Å². The van der Waals surface area contributed by atoms with Gasteiger partial charge >= 0.3 is 0 Å². The zero-order valence-corrected chi connectivity index (χ0v) is 13.5. The van der Waals surface area contributed by atoms with Crippen molar-refractivity contribution in [1.29, 1.82) is 0 Å². The van der Waals surface area contributed by atoms with Crippen molar-refractivity contribution in [2.45, 2.75) is 49.5 Å². The molecule has 2 bridgehead atoms. The lowest BCUT2D eigenvalue weighted by Gasteiger charge is -2.27. The Morgan fingerprint density at radius 2 is 2.18 bits per heavy atom. The maximum absolute atomic E-state index is 13.5. The summed E-state index contributed by atoms with van der Waals surface area (Å²) in [5.74, 6) is 3.17.